The molecule has 4 aliphatic rings. The van der Waals surface area contributed by atoms with Gasteiger partial charge in [-0.05, 0) is 80.5 Å². The van der Waals surface area contributed by atoms with Crippen LogP contribution < -0.4 is 11.2 Å². The van der Waals surface area contributed by atoms with Crippen molar-refractivity contribution in [1.82, 2.24) is 5.32 Å². The zero-order chi connectivity index (χ0) is 16.9. The van der Waals surface area contributed by atoms with Crippen LogP contribution in [0.25, 0.3) is 0 Å². The fourth-order valence-electron chi connectivity index (χ4n) is 7.26. The number of nitrogens with zero attached hydrogens (tertiary/aromatic N) is 1. The summed E-state index contributed by atoms with van der Waals surface area (Å²) < 4.78 is 0. The number of hydrogen-bond acceptors (Lipinski definition) is 3. The molecule has 0 radical (unpaired) electrons. The van der Waals surface area contributed by atoms with E-state index >= 15 is 0 Å². The van der Waals surface area contributed by atoms with Crippen molar-refractivity contribution in [2.24, 2.45) is 45.4 Å². The van der Waals surface area contributed by atoms with Crippen LogP contribution in [0.1, 0.15) is 71.6 Å². The highest BCUT2D eigenvalue weighted by atomic mass is 16.1. The number of nitrogens with one attached hydrogen (secondary N) is 1. The Morgan fingerprint density at radius 1 is 1.04 bits per heavy atom. The molecule has 0 spiro atoms. The van der Waals surface area contributed by atoms with Crippen LogP contribution in [0.2, 0.25) is 0 Å². The number of hydrogen-bond donors (Lipinski definition) is 2. The van der Waals surface area contributed by atoms with Crippen LogP contribution in [0.5, 0.6) is 0 Å². The first-order valence-electron chi connectivity index (χ1n) is 10.0. The molecule has 0 aromatic carbocycles. The summed E-state index contributed by atoms with van der Waals surface area (Å²) in [7, 11) is 0. The molecule has 4 rings (SSSR count). The van der Waals surface area contributed by atoms with Gasteiger partial charge in [0.2, 0.25) is 5.91 Å². The fourth-order valence-corrected chi connectivity index (χ4v) is 7.26. The summed E-state index contributed by atoms with van der Waals surface area (Å²) in [5.41, 5.74) is 1.87. The second-order valence-corrected chi connectivity index (χ2v) is 9.37. The van der Waals surface area contributed by atoms with Crippen LogP contribution >= 0.6 is 0 Å². The van der Waals surface area contributed by atoms with Crippen molar-refractivity contribution >= 4 is 11.6 Å². The summed E-state index contributed by atoms with van der Waals surface area (Å²) in [5.74, 6) is 9.13. The van der Waals surface area contributed by atoms with Crippen LogP contribution in [0.3, 0.4) is 0 Å². The number of carbonyl (C=O) groups is 1. The van der Waals surface area contributed by atoms with E-state index in [2.05, 4.69) is 24.3 Å². The summed E-state index contributed by atoms with van der Waals surface area (Å²) in [6, 6.07) is 0. The molecule has 1 aliphatic heterocycles. The number of hydrazone groups is 1. The number of amides is 1. The number of rotatable bonds is 0. The molecular weight excluding hydrogens is 298 g/mol. The van der Waals surface area contributed by atoms with Crippen LogP contribution in [-0.2, 0) is 4.79 Å². The van der Waals surface area contributed by atoms with E-state index in [9.17, 15) is 4.79 Å². The third-order valence-corrected chi connectivity index (χ3v) is 8.67. The van der Waals surface area contributed by atoms with Gasteiger partial charge in [-0.2, -0.15) is 5.10 Å². The van der Waals surface area contributed by atoms with Crippen molar-refractivity contribution < 1.29 is 4.79 Å². The van der Waals surface area contributed by atoms with Crippen molar-refractivity contribution in [1.29, 1.82) is 0 Å². The van der Waals surface area contributed by atoms with E-state index in [0.29, 0.717) is 11.8 Å². The Kier molecular flexibility index (Phi) is 3.92. The van der Waals surface area contributed by atoms with Gasteiger partial charge in [-0.25, -0.2) is 0 Å². The predicted octanol–water partition coefficient (Wildman–Crippen LogP) is 3.46. The first-order chi connectivity index (χ1) is 11.5. The number of nitrogens with two attached hydrogens (primary N) is 1. The zero-order valence-corrected chi connectivity index (χ0v) is 15.3. The molecule has 3 aliphatic carbocycles. The van der Waals surface area contributed by atoms with Crippen LogP contribution in [0, 0.1) is 34.5 Å². The van der Waals surface area contributed by atoms with Gasteiger partial charge < -0.3 is 11.2 Å². The molecule has 3 N–H and O–H groups in total. The summed E-state index contributed by atoms with van der Waals surface area (Å²) in [6.45, 7) is 5.82. The molecule has 4 heteroatoms. The van der Waals surface area contributed by atoms with Crippen LogP contribution in [0.4, 0.5) is 0 Å². The molecular formula is C20H33N3O. The molecule has 4 nitrogen and oxygen atoms in total. The van der Waals surface area contributed by atoms with Gasteiger partial charge in [-0.15, -0.1) is 0 Å². The molecule has 1 unspecified atom stereocenters. The molecule has 1 saturated heterocycles. The maximum atomic E-state index is 12.0. The average molecular weight is 332 g/mol. The third-order valence-electron chi connectivity index (χ3n) is 8.67. The topological polar surface area (TPSA) is 67.5 Å². The van der Waals surface area contributed by atoms with E-state index < -0.39 is 0 Å². The largest absolute Gasteiger partial charge is 0.356 e. The quantitative estimate of drug-likeness (QED) is 0.527. The first-order valence-corrected chi connectivity index (χ1v) is 10.0. The minimum absolute atomic E-state index is 0.248. The normalized spacial score (nSPS) is 50.2. The lowest BCUT2D eigenvalue weighted by atomic mass is 9.46. The second kappa shape index (κ2) is 5.74. The lowest BCUT2D eigenvalue weighted by Gasteiger charge is -2.59. The summed E-state index contributed by atoms with van der Waals surface area (Å²) >= 11 is 0. The molecule has 0 aromatic heterocycles. The fraction of sp³-hybridized carbons (Fsp3) is 0.900. The molecule has 1 heterocycles. The smallest absolute Gasteiger partial charge is 0.220 e. The Hall–Kier alpha value is -1.06. The summed E-state index contributed by atoms with van der Waals surface area (Å²) in [5, 5.41) is 7.28. The van der Waals surface area contributed by atoms with Gasteiger partial charge in [0, 0.05) is 24.1 Å². The SMILES string of the molecule is C[C@]12CCC3[C@@H](CC[C@H]4CCNC(=O)CC[C@]34C)[C@@H]1CCC2=NN. The summed E-state index contributed by atoms with van der Waals surface area (Å²) in [6.07, 6.45) is 10.6. The van der Waals surface area contributed by atoms with Crippen molar-refractivity contribution in [2.45, 2.75) is 71.6 Å². The lowest BCUT2D eigenvalue weighted by molar-refractivity contribution is -0.127. The van der Waals surface area contributed by atoms with E-state index in [0.717, 1.165) is 43.1 Å². The lowest BCUT2D eigenvalue weighted by Crippen LogP contribution is -2.53. The van der Waals surface area contributed by atoms with Gasteiger partial charge in [-0.3, -0.25) is 4.79 Å². The van der Waals surface area contributed by atoms with Gasteiger partial charge in [0.15, 0.2) is 0 Å². The Morgan fingerprint density at radius 2 is 1.88 bits per heavy atom. The van der Waals surface area contributed by atoms with Gasteiger partial charge in [-0.1, -0.05) is 13.8 Å². The molecule has 0 bridgehead atoms. The standard InChI is InChI=1S/C20H33N3O/c1-19-11-8-18(24)22-12-9-13(19)3-4-14-15-5-6-17(23-21)20(15,2)10-7-16(14)19/h13-16H,3-12,21H2,1-2H3,(H,22,24)/t13-,14-,15-,16?,19-,20-/m0/s1. The molecule has 0 aromatic rings. The van der Waals surface area contributed by atoms with E-state index in [1.54, 1.807) is 0 Å². The minimum atomic E-state index is 0.248. The predicted molar refractivity (Wildman–Crippen MR) is 96.4 cm³/mol. The molecule has 6 atom stereocenters. The first kappa shape index (κ1) is 16.4. The Morgan fingerprint density at radius 3 is 2.67 bits per heavy atom. The maximum Gasteiger partial charge on any atom is 0.220 e. The van der Waals surface area contributed by atoms with Crippen molar-refractivity contribution in [3.05, 3.63) is 0 Å². The molecule has 24 heavy (non-hydrogen) atoms. The minimum Gasteiger partial charge on any atom is -0.356 e. The molecule has 134 valence electrons. The summed E-state index contributed by atoms with van der Waals surface area (Å²) in [4.78, 5) is 12.0. The van der Waals surface area contributed by atoms with Crippen LogP contribution in [0.15, 0.2) is 5.10 Å². The van der Waals surface area contributed by atoms with E-state index in [-0.39, 0.29) is 11.3 Å². The second-order valence-electron chi connectivity index (χ2n) is 9.37. The van der Waals surface area contributed by atoms with Gasteiger partial charge in [0.25, 0.3) is 0 Å². The molecule has 1 amide bonds. The van der Waals surface area contributed by atoms with Crippen molar-refractivity contribution in [2.75, 3.05) is 6.54 Å². The van der Waals surface area contributed by atoms with Crippen molar-refractivity contribution in [3.63, 3.8) is 0 Å². The Bertz CT molecular complexity index is 559. The zero-order valence-electron chi connectivity index (χ0n) is 15.3. The van der Waals surface area contributed by atoms with Gasteiger partial charge in [0.1, 0.15) is 0 Å². The average Bonchev–Trinajstić information content (AvgIpc) is 2.90. The highest BCUT2D eigenvalue weighted by Gasteiger charge is 2.58. The molecule has 3 saturated carbocycles. The van der Waals surface area contributed by atoms with E-state index in [4.69, 9.17) is 5.84 Å². The van der Waals surface area contributed by atoms with Gasteiger partial charge in [0.05, 0.1) is 0 Å². The number of fused-ring (bicyclic) bond motifs is 5. The highest BCUT2D eigenvalue weighted by molar-refractivity contribution is 5.92. The Labute approximate surface area is 146 Å². The Balaban J connectivity index is 1.63. The monoisotopic (exact) mass is 331 g/mol. The van der Waals surface area contributed by atoms with Crippen LogP contribution in [-0.4, -0.2) is 18.2 Å². The maximum absolute atomic E-state index is 12.0. The highest BCUT2D eigenvalue weighted by Crippen LogP contribution is 2.64. The van der Waals surface area contributed by atoms with E-state index in [1.807, 2.05) is 0 Å². The third kappa shape index (κ3) is 2.24. The van der Waals surface area contributed by atoms with Gasteiger partial charge >= 0.3 is 0 Å². The van der Waals surface area contributed by atoms with Crippen molar-refractivity contribution in [3.8, 4) is 0 Å². The van der Waals surface area contributed by atoms with E-state index in [1.165, 1.54) is 44.2 Å². The molecule has 4 fully saturated rings. The number of carbonyl (C=O) groups excluding carboxylic acids is 1.